The van der Waals surface area contributed by atoms with Crippen LogP contribution >= 0.6 is 0 Å². The Bertz CT molecular complexity index is 1080. The van der Waals surface area contributed by atoms with Gasteiger partial charge in [-0.3, -0.25) is 24.0 Å². The largest absolute Gasteiger partial charge is 0.481 e. The first kappa shape index (κ1) is 38.4. The smallest absolute Gasteiger partial charge is 0.303 e. The van der Waals surface area contributed by atoms with Gasteiger partial charge in [-0.25, -0.2) is 0 Å². The number of rotatable bonds is 21. The molecule has 0 heterocycles. The number of hydrogen-bond acceptors (Lipinski definition) is 7. The zero-order chi connectivity index (χ0) is 33.2. The summed E-state index contributed by atoms with van der Waals surface area (Å²) in [5, 5.41) is 23.6. The van der Waals surface area contributed by atoms with Crippen LogP contribution in [0, 0.1) is 11.8 Å². The molecular weight excluding hydrogens is 564 g/mol. The monoisotopic (exact) mass is 618 g/mol. The number of carbonyl (C=O) groups excluding carboxylic acids is 4. The highest BCUT2D eigenvalue weighted by molar-refractivity contribution is 5.92. The fraction of sp³-hybridized carbons (Fsp3) is 0.656. The zero-order valence-corrected chi connectivity index (χ0v) is 27.2. The first-order valence-corrected chi connectivity index (χ1v) is 15.7. The Labute approximate surface area is 262 Å². The molecule has 0 fully saturated rings. The van der Waals surface area contributed by atoms with E-state index in [9.17, 15) is 24.0 Å². The number of aliphatic carboxylic acids is 1. The molecule has 8 N–H and O–H groups in total. The number of nitrogen functional groups attached to an aromatic ring is 1. The van der Waals surface area contributed by atoms with E-state index in [-0.39, 0.29) is 49.0 Å². The first-order valence-electron chi connectivity index (χ1n) is 15.7. The molecule has 12 heteroatoms. The maximum Gasteiger partial charge on any atom is 0.303 e. The predicted molar refractivity (Wildman–Crippen MR) is 171 cm³/mol. The van der Waals surface area contributed by atoms with Gasteiger partial charge in [0, 0.05) is 37.7 Å². The lowest BCUT2D eigenvalue weighted by Crippen LogP contribution is -2.57. The van der Waals surface area contributed by atoms with Gasteiger partial charge >= 0.3 is 5.97 Å². The summed E-state index contributed by atoms with van der Waals surface area (Å²) >= 11 is 0. The second kappa shape index (κ2) is 20.3. The molecule has 4 amide bonds. The number of nitrogens with one attached hydrogen (secondary N) is 5. The molecular formula is C32H54N6O6. The van der Waals surface area contributed by atoms with Crippen LogP contribution in [0.15, 0.2) is 24.3 Å². The van der Waals surface area contributed by atoms with Crippen molar-refractivity contribution in [1.82, 2.24) is 26.6 Å². The topological polar surface area (TPSA) is 192 Å². The van der Waals surface area contributed by atoms with Crippen molar-refractivity contribution in [3.8, 4) is 0 Å². The molecule has 0 aliphatic carbocycles. The van der Waals surface area contributed by atoms with Gasteiger partial charge in [0.2, 0.25) is 23.6 Å². The Kier molecular flexibility index (Phi) is 17.7. The summed E-state index contributed by atoms with van der Waals surface area (Å²) in [4.78, 5) is 62.7. The molecule has 0 saturated carbocycles. The van der Waals surface area contributed by atoms with Crippen LogP contribution in [0.2, 0.25) is 0 Å². The van der Waals surface area contributed by atoms with Gasteiger partial charge in [0.25, 0.3) is 0 Å². The minimum atomic E-state index is -0.986. The van der Waals surface area contributed by atoms with Crippen molar-refractivity contribution < 1.29 is 29.1 Å². The lowest BCUT2D eigenvalue weighted by Gasteiger charge is -2.28. The highest BCUT2D eigenvalue weighted by Crippen LogP contribution is 2.12. The van der Waals surface area contributed by atoms with Crippen LogP contribution in [0.1, 0.15) is 92.1 Å². The van der Waals surface area contributed by atoms with Crippen molar-refractivity contribution in [2.24, 2.45) is 11.8 Å². The van der Waals surface area contributed by atoms with Crippen molar-refractivity contribution >= 4 is 35.3 Å². The number of carboxylic acid groups (broad SMARTS) is 1. The molecule has 0 aliphatic heterocycles. The Morgan fingerprint density at radius 3 is 2.20 bits per heavy atom. The van der Waals surface area contributed by atoms with E-state index in [1.54, 1.807) is 19.1 Å². The summed E-state index contributed by atoms with van der Waals surface area (Å²) in [6.45, 7) is 12.2. The molecule has 5 atom stereocenters. The van der Waals surface area contributed by atoms with Crippen LogP contribution in [0.4, 0.5) is 5.69 Å². The Hall–Kier alpha value is -3.67. The maximum atomic E-state index is 13.4. The van der Waals surface area contributed by atoms with Crippen LogP contribution < -0.4 is 32.3 Å². The fourth-order valence-electron chi connectivity index (χ4n) is 4.69. The van der Waals surface area contributed by atoms with Crippen molar-refractivity contribution in [3.63, 3.8) is 0 Å². The van der Waals surface area contributed by atoms with Gasteiger partial charge in [-0.1, -0.05) is 59.6 Å². The normalized spacial score (nSPS) is 14.5. The Morgan fingerprint density at radius 2 is 1.61 bits per heavy atom. The van der Waals surface area contributed by atoms with Crippen molar-refractivity contribution in [1.29, 1.82) is 0 Å². The van der Waals surface area contributed by atoms with Crippen LogP contribution in [0.25, 0.3) is 0 Å². The summed E-state index contributed by atoms with van der Waals surface area (Å²) in [5.41, 5.74) is 7.34. The Balaban J connectivity index is 2.83. The number of benzene rings is 1. The SMILES string of the molecule is CCC[C@H](NC(=O)[C@@H](NC(=O)CCCC(=O)O)[C@H](C)CC)C(=O)N[C@H](CN[C@@H](C)C(=O)NCc1cccc(N)c1)CC(C)C. The van der Waals surface area contributed by atoms with Gasteiger partial charge in [0.15, 0.2) is 0 Å². The predicted octanol–water partition coefficient (Wildman–Crippen LogP) is 2.46. The van der Waals surface area contributed by atoms with Gasteiger partial charge in [-0.2, -0.15) is 0 Å². The van der Waals surface area contributed by atoms with Crippen LogP contribution in [0.3, 0.4) is 0 Å². The third-order valence-electron chi connectivity index (χ3n) is 7.40. The summed E-state index contributed by atoms with van der Waals surface area (Å²) in [7, 11) is 0. The van der Waals surface area contributed by atoms with E-state index in [1.165, 1.54) is 0 Å². The molecule has 248 valence electrons. The van der Waals surface area contributed by atoms with Crippen molar-refractivity contribution in [3.05, 3.63) is 29.8 Å². The molecule has 0 aromatic heterocycles. The van der Waals surface area contributed by atoms with Crippen LogP contribution in [-0.2, 0) is 30.5 Å². The average Bonchev–Trinajstić information content (AvgIpc) is 2.96. The van der Waals surface area contributed by atoms with E-state index in [0.29, 0.717) is 44.5 Å². The van der Waals surface area contributed by atoms with E-state index in [2.05, 4.69) is 26.6 Å². The number of nitrogens with two attached hydrogens (primary N) is 1. The minimum absolute atomic E-state index is 0.00734. The molecule has 1 aromatic carbocycles. The lowest BCUT2D eigenvalue weighted by molar-refractivity contribution is -0.137. The average molecular weight is 619 g/mol. The molecule has 44 heavy (non-hydrogen) atoms. The van der Waals surface area contributed by atoms with Crippen LogP contribution in [0.5, 0.6) is 0 Å². The first-order chi connectivity index (χ1) is 20.8. The van der Waals surface area contributed by atoms with E-state index in [1.807, 2.05) is 46.8 Å². The standard InChI is InChI=1S/C32H54N6O6/c1-7-11-26(37-32(44)29(21(5)8-2)38-27(39)14-10-15-28(40)41)31(43)36-25(16-20(3)4)19-34-22(6)30(42)35-18-23-12-9-13-24(33)17-23/h9,12-13,17,20-22,25-26,29,34H,7-8,10-11,14-16,18-19,33H2,1-6H3,(H,35,42)(H,36,43)(H,37,44)(H,38,39)(H,40,41)/t21-,22+,25+,26+,29+/m1/s1. The van der Waals surface area contributed by atoms with Gasteiger partial charge in [0.05, 0.1) is 6.04 Å². The molecule has 1 rings (SSSR count). The molecule has 0 aliphatic rings. The quantitative estimate of drug-likeness (QED) is 0.102. The molecule has 12 nitrogen and oxygen atoms in total. The number of anilines is 1. The zero-order valence-electron chi connectivity index (χ0n) is 27.2. The third-order valence-corrected chi connectivity index (χ3v) is 7.40. The van der Waals surface area contributed by atoms with E-state index in [0.717, 1.165) is 5.56 Å². The molecule has 0 unspecified atom stereocenters. The highest BCUT2D eigenvalue weighted by atomic mass is 16.4. The van der Waals surface area contributed by atoms with E-state index in [4.69, 9.17) is 10.8 Å². The van der Waals surface area contributed by atoms with Crippen molar-refractivity contribution in [2.75, 3.05) is 12.3 Å². The summed E-state index contributed by atoms with van der Waals surface area (Å²) in [6.07, 6.45) is 2.35. The van der Waals surface area contributed by atoms with Gasteiger partial charge in [-0.15, -0.1) is 0 Å². The van der Waals surface area contributed by atoms with Gasteiger partial charge < -0.3 is 37.4 Å². The van der Waals surface area contributed by atoms with Gasteiger partial charge in [0.1, 0.15) is 12.1 Å². The molecule has 0 bridgehead atoms. The van der Waals surface area contributed by atoms with Crippen molar-refractivity contribution in [2.45, 2.75) is 117 Å². The summed E-state index contributed by atoms with van der Waals surface area (Å²) in [6, 6.07) is 4.84. The number of hydrogen-bond donors (Lipinski definition) is 7. The molecule has 0 saturated heterocycles. The maximum absolute atomic E-state index is 13.4. The second-order valence-corrected chi connectivity index (χ2v) is 12.0. The van der Waals surface area contributed by atoms with E-state index < -0.39 is 35.9 Å². The summed E-state index contributed by atoms with van der Waals surface area (Å²) < 4.78 is 0. The molecule has 0 spiro atoms. The van der Waals surface area contributed by atoms with Crippen LogP contribution in [-0.4, -0.2) is 65.4 Å². The number of carboxylic acids is 1. The lowest BCUT2D eigenvalue weighted by atomic mass is 9.97. The number of carbonyl (C=O) groups is 5. The molecule has 0 radical (unpaired) electrons. The number of amides is 4. The van der Waals surface area contributed by atoms with Gasteiger partial charge in [-0.05, 0) is 55.7 Å². The third kappa shape index (κ3) is 15.2. The fourth-order valence-corrected chi connectivity index (χ4v) is 4.69. The molecule has 1 aromatic rings. The second-order valence-electron chi connectivity index (χ2n) is 12.0. The highest BCUT2D eigenvalue weighted by Gasteiger charge is 2.30. The summed E-state index contributed by atoms with van der Waals surface area (Å²) in [5.74, 6) is -2.30. The Morgan fingerprint density at radius 1 is 0.909 bits per heavy atom. The van der Waals surface area contributed by atoms with E-state index >= 15 is 0 Å². The minimum Gasteiger partial charge on any atom is -0.481 e.